The summed E-state index contributed by atoms with van der Waals surface area (Å²) >= 11 is -4.69. The number of hydrogen-bond donors (Lipinski definition) is 2. The zero-order chi connectivity index (χ0) is 57.1. The third kappa shape index (κ3) is 67.0. The Morgan fingerprint density at radius 1 is 0.299 bits per heavy atom. The van der Waals surface area contributed by atoms with Gasteiger partial charge in [0.25, 0.3) is 0 Å². The Morgan fingerprint density at radius 3 is 0.688 bits per heavy atom. The van der Waals surface area contributed by atoms with E-state index in [0.29, 0.717) is 33.0 Å². The van der Waals surface area contributed by atoms with Crippen molar-refractivity contribution in [2.24, 2.45) is 0 Å². The summed E-state index contributed by atoms with van der Waals surface area (Å²) < 4.78 is 47.0. The monoisotopic (exact) mass is 1170 g/mol. The van der Waals surface area contributed by atoms with Crippen LogP contribution >= 0.6 is 17.2 Å². The van der Waals surface area contributed by atoms with Crippen LogP contribution in [-0.4, -0.2) is 49.4 Å². The van der Waals surface area contributed by atoms with Crippen LogP contribution in [0.15, 0.2) is 38.0 Å². The predicted octanol–water partition coefficient (Wildman–Crippen LogP) is 23.8. The average molecular weight is 1170 g/mol. The summed E-state index contributed by atoms with van der Waals surface area (Å²) in [5.41, 5.74) is 0. The van der Waals surface area contributed by atoms with Crippen LogP contribution in [0.25, 0.3) is 0 Å². The summed E-state index contributed by atoms with van der Waals surface area (Å²) in [5, 5.41) is 0. The van der Waals surface area contributed by atoms with E-state index >= 15 is 0 Å². The van der Waals surface area contributed by atoms with Crippen molar-refractivity contribution < 1.29 is 53.9 Å². The van der Waals surface area contributed by atoms with E-state index < -0.39 is 33.3 Å². The van der Waals surface area contributed by atoms with Crippen molar-refractivity contribution in [1.29, 1.82) is 0 Å². The minimum absolute atomic E-state index is 0.235. The van der Waals surface area contributed by atoms with Crippen molar-refractivity contribution in [3.8, 4) is 0 Å². The molecule has 0 bridgehead atoms. The molecule has 0 amide bonds. The summed E-state index contributed by atoms with van der Waals surface area (Å²) in [5.74, 6) is 0. The molecule has 0 rings (SSSR count). The molecule has 0 atom stereocenters. The topological polar surface area (TPSA) is 113 Å². The summed E-state index contributed by atoms with van der Waals surface area (Å²) in [6.45, 7) is 25.5. The van der Waals surface area contributed by atoms with Gasteiger partial charge in [0, 0.05) is 0 Å². The van der Waals surface area contributed by atoms with E-state index in [1.807, 2.05) is 0 Å². The molecule has 0 heterocycles. The zero-order valence-electron chi connectivity index (χ0n) is 52.2. The molecule has 0 fully saturated rings. The zero-order valence-corrected chi connectivity index (χ0v) is 55.5. The molecule has 0 saturated carbocycles. The van der Waals surface area contributed by atoms with Crippen molar-refractivity contribution in [2.75, 3.05) is 39.6 Å². The Morgan fingerprint density at radius 2 is 0.494 bits per heavy atom. The first-order valence-corrected chi connectivity index (χ1v) is 39.5. The summed E-state index contributed by atoms with van der Waals surface area (Å²) in [6.07, 6.45) is 64.6. The predicted molar refractivity (Wildman–Crippen MR) is 336 cm³/mol. The molecule has 77 heavy (non-hydrogen) atoms. The fourth-order valence-corrected chi connectivity index (χ4v) is 15.2. The third-order valence-corrected chi connectivity index (χ3v) is 21.9. The number of allylic oxidation sites excluding steroid dienone is 2. The summed E-state index contributed by atoms with van der Waals surface area (Å²) in [4.78, 5) is 19.5. The van der Waals surface area contributed by atoms with Gasteiger partial charge < -0.3 is 27.9 Å². The first-order chi connectivity index (χ1) is 37.7. The normalized spacial score (nSPS) is 11.7. The van der Waals surface area contributed by atoms with Gasteiger partial charge in [0.15, 0.2) is 0 Å². The Bertz CT molecular complexity index is 1090. The molecule has 0 unspecified atom stereocenters. The van der Waals surface area contributed by atoms with E-state index in [2.05, 4.69) is 54.4 Å². The summed E-state index contributed by atoms with van der Waals surface area (Å²) in [7, 11) is -3.31. The van der Waals surface area contributed by atoms with E-state index in [1.165, 1.54) is 257 Å². The molecule has 12 heteroatoms. The minimum atomic E-state index is -4.69. The van der Waals surface area contributed by atoms with Crippen molar-refractivity contribution in [1.82, 2.24) is 0 Å². The summed E-state index contributed by atoms with van der Waals surface area (Å²) in [6, 6.07) is 0. The molecule has 0 aromatic rings. The minimum Gasteiger partial charge on any atom is -0.328 e. The number of hydrogen-bond acceptors (Lipinski definition) is 9. The largest absolute Gasteiger partial charge is 0.329 e. The molecule has 0 saturated heterocycles. The average Bonchev–Trinajstić information content (AvgIpc) is 3.42. The molecule has 0 aliphatic carbocycles. The van der Waals surface area contributed by atoms with Gasteiger partial charge in [-0.1, -0.05) is 259 Å². The maximum absolute atomic E-state index is 13.3. The second-order valence-corrected chi connectivity index (χ2v) is 30.5. The molecular formula is C65H134O9P2Ti. The van der Waals surface area contributed by atoms with Crippen LogP contribution in [0, 0.1) is 0 Å². The molecule has 2 N–H and O–H groups in total. The molecule has 0 aromatic carbocycles. The van der Waals surface area contributed by atoms with Crippen LogP contribution in [0.3, 0.4) is 0 Å². The van der Waals surface area contributed by atoms with E-state index in [0.717, 1.165) is 38.5 Å². The smallest absolute Gasteiger partial charge is 0.328 e. The van der Waals surface area contributed by atoms with Crippen LogP contribution in [0.4, 0.5) is 0 Å². The van der Waals surface area contributed by atoms with Gasteiger partial charge in [0.1, 0.15) is 0 Å². The number of unbranched alkanes of at least 4 members (excludes halogenated alkanes) is 41. The fraction of sp³-hybridized carbons (Fsp3) is 0.908. The molecule has 0 aliphatic heterocycles. The van der Waals surface area contributed by atoms with Crippen molar-refractivity contribution in [2.45, 2.75) is 339 Å². The van der Waals surface area contributed by atoms with Crippen LogP contribution < -0.4 is 0 Å². The van der Waals surface area contributed by atoms with Gasteiger partial charge in [-0.05, 0) is 25.7 Å². The van der Waals surface area contributed by atoms with Gasteiger partial charge in [-0.2, -0.15) is 0 Å². The molecule has 0 radical (unpaired) electrons. The van der Waals surface area contributed by atoms with Gasteiger partial charge >= 0.3 is 149 Å². The molecular weight excluding hydrogens is 1030 g/mol. The molecule has 462 valence electrons. The molecule has 0 aromatic heterocycles. The molecule has 0 spiro atoms. The first-order valence-electron chi connectivity index (χ1n) is 33.2. The third-order valence-electron chi connectivity index (χ3n) is 14.3. The second-order valence-electron chi connectivity index (χ2n) is 22.1. The maximum atomic E-state index is 13.3. The van der Waals surface area contributed by atoms with E-state index in [9.17, 15) is 13.1 Å². The van der Waals surface area contributed by atoms with Gasteiger partial charge in [-0.3, -0.25) is 0 Å². The Balaban J connectivity index is -0.00000108. The van der Waals surface area contributed by atoms with Crippen LogP contribution in [0.2, 0.25) is 9.45 Å². The van der Waals surface area contributed by atoms with Crippen molar-refractivity contribution >= 4 is 17.2 Å². The van der Waals surface area contributed by atoms with Crippen LogP contribution in [0.1, 0.15) is 330 Å². The van der Waals surface area contributed by atoms with Crippen LogP contribution in [0.5, 0.6) is 0 Å². The Labute approximate surface area is 485 Å². The fourth-order valence-electron chi connectivity index (χ4n) is 9.35. The Kier molecular flexibility index (Phi) is 72.8. The quantitative estimate of drug-likeness (QED) is 0.0266. The van der Waals surface area contributed by atoms with Crippen molar-refractivity contribution in [3.05, 3.63) is 38.0 Å². The SMILES string of the molecule is C=CC[O][Ti](=[O])([CH2]C=C)([CH2]C=C)[O]CCCCCCCC.CCCCCCCCCCCCOP(O)OCCCCCCCCCCCC.CCCCCCCCCCCCOP(O)OCCCCCCCCCCCC. The first kappa shape index (κ1) is 81.5. The molecule has 9 nitrogen and oxygen atoms in total. The molecule has 0 aliphatic rings. The van der Waals surface area contributed by atoms with Gasteiger partial charge in [-0.25, -0.2) is 0 Å². The number of rotatable bonds is 63. The van der Waals surface area contributed by atoms with Crippen LogP contribution in [-0.2, 0) is 44.1 Å². The van der Waals surface area contributed by atoms with E-state index in [4.69, 9.17) is 24.7 Å². The van der Waals surface area contributed by atoms with E-state index in [1.54, 1.807) is 18.2 Å². The Hall–Kier alpha value is 0.274. The van der Waals surface area contributed by atoms with Gasteiger partial charge in [0.2, 0.25) is 0 Å². The second kappa shape index (κ2) is 68.8. The van der Waals surface area contributed by atoms with Gasteiger partial charge in [-0.15, -0.1) is 0 Å². The maximum Gasteiger partial charge on any atom is 0.329 e. The standard InChI is InChI=1S/2C24H51O3P.C8H17O.C3H5O.2C3H5.O.Ti/c2*1-3-5-7-9-11-13-15-17-19-21-23-26-28(25)27-24-22-20-18-16-14-12-10-8-6-4-2;1-2-3-4-5-6-7-8-9;1-2-3-4;2*1-3-2;;/h2*25H,3-24H2,1-2H3;2-8H2,1H3;2H,1,3H2;2*3H,1-2H2;;/q;;2*-1;;;;+2. The van der Waals surface area contributed by atoms with Crippen molar-refractivity contribution in [3.63, 3.8) is 0 Å². The van der Waals surface area contributed by atoms with Gasteiger partial charge in [0.05, 0.1) is 26.4 Å². The van der Waals surface area contributed by atoms with E-state index in [-0.39, 0.29) is 16.1 Å².